The van der Waals surface area contributed by atoms with Gasteiger partial charge in [0.05, 0.1) is 12.2 Å². The molecule has 0 heterocycles. The Morgan fingerprint density at radius 2 is 2.31 bits per heavy atom. The van der Waals surface area contributed by atoms with Crippen molar-refractivity contribution >= 4 is 5.97 Å². The Morgan fingerprint density at radius 3 is 3.00 bits per heavy atom. The molecule has 0 radical (unpaired) electrons. The fourth-order valence-corrected chi connectivity index (χ4v) is 1.04. The number of hydrogen-bond acceptors (Lipinski definition) is 3. The summed E-state index contributed by atoms with van der Waals surface area (Å²) in [5.74, 6) is 3.25. The van der Waals surface area contributed by atoms with Crippen molar-refractivity contribution in [1.82, 2.24) is 0 Å². The standard InChI is InChI=1S/C12H11FO3/c1-2-16-11(15)8-4-6-9-5-3-7-10(14)12(9)13/h3,5,7,14H,2,8H2,1H3. The van der Waals surface area contributed by atoms with Crippen LogP contribution in [0.15, 0.2) is 18.2 Å². The molecule has 4 heteroatoms. The molecular formula is C12H11FO3. The summed E-state index contributed by atoms with van der Waals surface area (Å²) in [6, 6.07) is 4.13. The molecule has 0 atom stereocenters. The highest BCUT2D eigenvalue weighted by Gasteiger charge is 2.03. The summed E-state index contributed by atoms with van der Waals surface area (Å²) in [5, 5.41) is 9.06. The van der Waals surface area contributed by atoms with Gasteiger partial charge in [-0.05, 0) is 19.1 Å². The molecule has 0 aliphatic heterocycles. The number of ether oxygens (including phenoxy) is 1. The lowest BCUT2D eigenvalue weighted by Gasteiger charge is -1.97. The number of halogens is 1. The number of phenolic OH excluding ortho intramolecular Hbond substituents is 1. The summed E-state index contributed by atoms with van der Waals surface area (Å²) in [6.07, 6.45) is -0.0943. The van der Waals surface area contributed by atoms with E-state index in [0.29, 0.717) is 6.61 Å². The summed E-state index contributed by atoms with van der Waals surface area (Å²) < 4.78 is 17.9. The zero-order valence-corrected chi connectivity index (χ0v) is 8.79. The van der Waals surface area contributed by atoms with Crippen LogP contribution in [-0.4, -0.2) is 17.7 Å². The third-order valence-corrected chi connectivity index (χ3v) is 1.74. The normalized spacial score (nSPS) is 9.12. The predicted molar refractivity (Wildman–Crippen MR) is 56.2 cm³/mol. The molecule has 1 N–H and O–H groups in total. The molecule has 0 fully saturated rings. The van der Waals surface area contributed by atoms with E-state index in [4.69, 9.17) is 5.11 Å². The summed E-state index contributed by atoms with van der Waals surface area (Å²) >= 11 is 0. The lowest BCUT2D eigenvalue weighted by atomic mass is 10.2. The molecule has 1 rings (SSSR count). The van der Waals surface area contributed by atoms with Gasteiger partial charge in [0.1, 0.15) is 6.42 Å². The minimum Gasteiger partial charge on any atom is -0.505 e. The fourth-order valence-electron chi connectivity index (χ4n) is 1.04. The van der Waals surface area contributed by atoms with Crippen LogP contribution in [0.2, 0.25) is 0 Å². The first kappa shape index (κ1) is 12.1. The maximum Gasteiger partial charge on any atom is 0.317 e. The fraction of sp³-hybridized carbons (Fsp3) is 0.250. The highest BCUT2D eigenvalue weighted by molar-refractivity contribution is 5.72. The second kappa shape index (κ2) is 5.76. The highest BCUT2D eigenvalue weighted by atomic mass is 19.1. The third-order valence-electron chi connectivity index (χ3n) is 1.74. The number of benzene rings is 1. The quantitative estimate of drug-likeness (QED) is 0.613. The molecule has 0 unspecified atom stereocenters. The molecule has 0 aliphatic carbocycles. The molecule has 0 saturated heterocycles. The Kier molecular flexibility index (Phi) is 4.34. The minimum absolute atomic E-state index is 0.0595. The molecule has 0 aromatic heterocycles. The number of esters is 1. The molecule has 1 aromatic carbocycles. The number of carbonyl (C=O) groups excluding carboxylic acids is 1. The van der Waals surface area contributed by atoms with E-state index in [2.05, 4.69) is 16.6 Å². The summed E-state index contributed by atoms with van der Waals surface area (Å²) in [7, 11) is 0. The second-order valence-electron chi connectivity index (χ2n) is 2.92. The molecule has 16 heavy (non-hydrogen) atoms. The van der Waals surface area contributed by atoms with E-state index >= 15 is 0 Å². The average molecular weight is 222 g/mol. The van der Waals surface area contributed by atoms with Crippen molar-refractivity contribution in [1.29, 1.82) is 0 Å². The molecule has 84 valence electrons. The topological polar surface area (TPSA) is 46.5 Å². The molecule has 0 spiro atoms. The minimum atomic E-state index is -0.779. The van der Waals surface area contributed by atoms with Crippen LogP contribution in [0.5, 0.6) is 5.75 Å². The predicted octanol–water partition coefficient (Wildman–Crippen LogP) is 1.84. The summed E-state index contributed by atoms with van der Waals surface area (Å²) in [4.78, 5) is 10.9. The van der Waals surface area contributed by atoms with Gasteiger partial charge in [0.2, 0.25) is 0 Å². The van der Waals surface area contributed by atoms with Gasteiger partial charge in [-0.2, -0.15) is 0 Å². The van der Waals surface area contributed by atoms with E-state index < -0.39 is 17.5 Å². The molecule has 3 nitrogen and oxygen atoms in total. The zero-order chi connectivity index (χ0) is 12.0. The third kappa shape index (κ3) is 3.28. The lowest BCUT2D eigenvalue weighted by Crippen LogP contribution is -2.01. The van der Waals surface area contributed by atoms with Crippen LogP contribution in [0.4, 0.5) is 4.39 Å². The molecule has 1 aromatic rings. The van der Waals surface area contributed by atoms with Gasteiger partial charge in [0.15, 0.2) is 11.6 Å². The van der Waals surface area contributed by atoms with Crippen LogP contribution >= 0.6 is 0 Å². The number of hydrogen-bond donors (Lipinski definition) is 1. The van der Waals surface area contributed by atoms with Gasteiger partial charge < -0.3 is 9.84 Å². The van der Waals surface area contributed by atoms with Gasteiger partial charge in [0, 0.05) is 0 Å². The van der Waals surface area contributed by atoms with Gasteiger partial charge in [-0.1, -0.05) is 17.9 Å². The van der Waals surface area contributed by atoms with E-state index in [1.165, 1.54) is 18.2 Å². The average Bonchev–Trinajstić information content (AvgIpc) is 2.25. The van der Waals surface area contributed by atoms with E-state index in [9.17, 15) is 9.18 Å². The number of rotatable bonds is 2. The smallest absolute Gasteiger partial charge is 0.317 e. The van der Waals surface area contributed by atoms with E-state index in [0.717, 1.165) is 0 Å². The van der Waals surface area contributed by atoms with Gasteiger partial charge >= 0.3 is 5.97 Å². The molecule has 0 aliphatic rings. The largest absolute Gasteiger partial charge is 0.505 e. The molecule has 0 bridgehead atoms. The Hall–Kier alpha value is -2.02. The van der Waals surface area contributed by atoms with Gasteiger partial charge in [-0.3, -0.25) is 4.79 Å². The first-order chi connectivity index (χ1) is 7.65. The van der Waals surface area contributed by atoms with Crippen molar-refractivity contribution in [2.75, 3.05) is 6.61 Å². The number of carbonyl (C=O) groups is 1. The summed E-state index contributed by atoms with van der Waals surface area (Å²) in [5.41, 5.74) is 0.0595. The monoisotopic (exact) mass is 222 g/mol. The highest BCUT2D eigenvalue weighted by Crippen LogP contribution is 2.17. The SMILES string of the molecule is CCOC(=O)CC#Cc1cccc(O)c1F. The van der Waals surface area contributed by atoms with Crippen molar-refractivity contribution in [2.24, 2.45) is 0 Å². The van der Waals surface area contributed by atoms with Gasteiger partial charge in [0.25, 0.3) is 0 Å². The Balaban J connectivity index is 2.70. The summed E-state index contributed by atoms with van der Waals surface area (Å²) in [6.45, 7) is 1.99. The van der Waals surface area contributed by atoms with Crippen molar-refractivity contribution in [3.05, 3.63) is 29.6 Å². The number of aromatic hydroxyl groups is 1. The van der Waals surface area contributed by atoms with Crippen molar-refractivity contribution in [2.45, 2.75) is 13.3 Å². The molecule has 0 saturated carbocycles. The van der Waals surface area contributed by atoms with Crippen LogP contribution < -0.4 is 0 Å². The first-order valence-electron chi connectivity index (χ1n) is 4.77. The number of phenols is 1. The first-order valence-corrected chi connectivity index (χ1v) is 4.77. The van der Waals surface area contributed by atoms with Crippen LogP contribution in [-0.2, 0) is 9.53 Å². The Labute approximate surface area is 92.9 Å². The Bertz CT molecular complexity index is 443. The maximum atomic E-state index is 13.2. The molecular weight excluding hydrogens is 211 g/mol. The Morgan fingerprint density at radius 1 is 1.56 bits per heavy atom. The van der Waals surface area contributed by atoms with Crippen molar-refractivity contribution < 1.29 is 19.0 Å². The van der Waals surface area contributed by atoms with E-state index in [-0.39, 0.29) is 12.0 Å². The van der Waals surface area contributed by atoms with Crippen molar-refractivity contribution in [3.63, 3.8) is 0 Å². The molecule has 0 amide bonds. The van der Waals surface area contributed by atoms with E-state index in [1.807, 2.05) is 0 Å². The van der Waals surface area contributed by atoms with Crippen LogP contribution in [0, 0.1) is 17.7 Å². The van der Waals surface area contributed by atoms with Crippen LogP contribution in [0.25, 0.3) is 0 Å². The second-order valence-corrected chi connectivity index (χ2v) is 2.92. The van der Waals surface area contributed by atoms with E-state index in [1.54, 1.807) is 6.92 Å². The van der Waals surface area contributed by atoms with Crippen LogP contribution in [0.3, 0.4) is 0 Å². The maximum absolute atomic E-state index is 13.2. The van der Waals surface area contributed by atoms with Gasteiger partial charge in [-0.25, -0.2) is 4.39 Å². The zero-order valence-electron chi connectivity index (χ0n) is 8.79. The van der Waals surface area contributed by atoms with Crippen molar-refractivity contribution in [3.8, 4) is 17.6 Å². The lowest BCUT2D eigenvalue weighted by molar-refractivity contribution is -0.141. The van der Waals surface area contributed by atoms with Gasteiger partial charge in [-0.15, -0.1) is 0 Å². The van der Waals surface area contributed by atoms with Crippen LogP contribution in [0.1, 0.15) is 18.9 Å².